The van der Waals surface area contributed by atoms with Crippen molar-refractivity contribution in [1.82, 2.24) is 4.31 Å². The Morgan fingerprint density at radius 3 is 2.77 bits per heavy atom. The molecule has 0 saturated carbocycles. The number of nitrogens with zero attached hydrogens (tertiary/aromatic N) is 1. The van der Waals surface area contributed by atoms with Crippen LogP contribution in [0.1, 0.15) is 26.7 Å². The number of rotatable bonds is 3. The van der Waals surface area contributed by atoms with Crippen molar-refractivity contribution < 1.29 is 9.00 Å². The molecule has 0 spiro atoms. The zero-order valence-electron chi connectivity index (χ0n) is 8.23. The summed E-state index contributed by atoms with van der Waals surface area (Å²) in [6, 6.07) is 0. The molecule has 0 amide bonds. The molecule has 0 aromatic carbocycles. The first-order valence-electron chi connectivity index (χ1n) is 4.76. The molecule has 1 aliphatic heterocycles. The van der Waals surface area contributed by atoms with Gasteiger partial charge in [-0.05, 0) is 26.7 Å². The molecule has 1 rings (SSSR count). The minimum Gasteiger partial charge on any atom is -0.303 e. The highest BCUT2D eigenvalue weighted by Gasteiger charge is 2.24. The Bertz CT molecular complexity index is 206. The van der Waals surface area contributed by atoms with E-state index in [1.807, 2.05) is 18.2 Å². The second-order valence-electron chi connectivity index (χ2n) is 3.75. The van der Waals surface area contributed by atoms with Gasteiger partial charge in [-0.3, -0.25) is 0 Å². The summed E-state index contributed by atoms with van der Waals surface area (Å²) in [5.41, 5.74) is 0. The fourth-order valence-corrected chi connectivity index (χ4v) is 2.79. The molecule has 0 aromatic rings. The Morgan fingerprint density at radius 1 is 1.54 bits per heavy atom. The SMILES string of the molecule is CC(C)S(=O)N1CCCC(C=O)C1. The number of carbonyl (C=O) groups is 1. The maximum atomic E-state index is 11.7. The Balaban J connectivity index is 2.51. The van der Waals surface area contributed by atoms with E-state index < -0.39 is 11.0 Å². The fourth-order valence-electron chi connectivity index (χ4n) is 1.55. The molecule has 2 atom stereocenters. The summed E-state index contributed by atoms with van der Waals surface area (Å²) in [5.74, 6) is 0.0939. The van der Waals surface area contributed by atoms with Gasteiger partial charge in [-0.1, -0.05) is 0 Å². The van der Waals surface area contributed by atoms with E-state index >= 15 is 0 Å². The molecule has 1 fully saturated rings. The lowest BCUT2D eigenvalue weighted by Gasteiger charge is -2.29. The molecule has 0 N–H and O–H groups in total. The van der Waals surface area contributed by atoms with Crippen molar-refractivity contribution in [3.63, 3.8) is 0 Å². The molecule has 0 aromatic heterocycles. The number of piperidine rings is 1. The Morgan fingerprint density at radius 2 is 2.23 bits per heavy atom. The monoisotopic (exact) mass is 203 g/mol. The topological polar surface area (TPSA) is 37.4 Å². The molecule has 76 valence electrons. The van der Waals surface area contributed by atoms with Crippen molar-refractivity contribution in [2.75, 3.05) is 13.1 Å². The zero-order valence-corrected chi connectivity index (χ0v) is 9.05. The first-order chi connectivity index (χ1) is 6.15. The second kappa shape index (κ2) is 4.86. The predicted molar refractivity (Wildman–Crippen MR) is 53.6 cm³/mol. The smallest absolute Gasteiger partial charge is 0.124 e. The molecule has 0 aliphatic carbocycles. The van der Waals surface area contributed by atoms with Crippen molar-refractivity contribution in [1.29, 1.82) is 0 Å². The molecule has 0 radical (unpaired) electrons. The summed E-state index contributed by atoms with van der Waals surface area (Å²) in [7, 11) is -0.906. The molecule has 1 saturated heterocycles. The molecule has 4 heteroatoms. The van der Waals surface area contributed by atoms with Gasteiger partial charge in [0.05, 0.1) is 11.0 Å². The van der Waals surface area contributed by atoms with Crippen molar-refractivity contribution in [2.45, 2.75) is 31.9 Å². The highest BCUT2D eigenvalue weighted by atomic mass is 32.2. The van der Waals surface area contributed by atoms with Crippen molar-refractivity contribution in [3.8, 4) is 0 Å². The van der Waals surface area contributed by atoms with E-state index in [1.165, 1.54) is 0 Å². The van der Waals surface area contributed by atoms with Crippen molar-refractivity contribution in [2.24, 2.45) is 5.92 Å². The van der Waals surface area contributed by atoms with Gasteiger partial charge in [-0.2, -0.15) is 0 Å². The minimum atomic E-state index is -0.906. The number of carbonyl (C=O) groups excluding carboxylic acids is 1. The van der Waals surface area contributed by atoms with Gasteiger partial charge in [0.1, 0.15) is 6.29 Å². The van der Waals surface area contributed by atoms with Crippen LogP contribution in [0.4, 0.5) is 0 Å². The number of aldehydes is 1. The molecular weight excluding hydrogens is 186 g/mol. The summed E-state index contributed by atoms with van der Waals surface area (Å²) in [6.07, 6.45) is 2.93. The summed E-state index contributed by atoms with van der Waals surface area (Å²) in [6.45, 7) is 5.44. The van der Waals surface area contributed by atoms with Crippen molar-refractivity contribution in [3.05, 3.63) is 0 Å². The Hall–Kier alpha value is -0.220. The third-order valence-electron chi connectivity index (χ3n) is 2.27. The molecule has 1 heterocycles. The van der Waals surface area contributed by atoms with Gasteiger partial charge in [-0.15, -0.1) is 0 Å². The molecule has 0 bridgehead atoms. The van der Waals surface area contributed by atoms with Crippen LogP contribution in [0.2, 0.25) is 0 Å². The normalized spacial score (nSPS) is 27.5. The fraction of sp³-hybridized carbons (Fsp3) is 0.889. The lowest BCUT2D eigenvalue weighted by Crippen LogP contribution is -2.39. The maximum Gasteiger partial charge on any atom is 0.124 e. The van der Waals surface area contributed by atoms with Crippen LogP contribution < -0.4 is 0 Å². The van der Waals surface area contributed by atoms with Crippen LogP contribution in [0.3, 0.4) is 0 Å². The van der Waals surface area contributed by atoms with E-state index in [2.05, 4.69) is 0 Å². The Kier molecular flexibility index (Phi) is 4.06. The summed E-state index contributed by atoms with van der Waals surface area (Å²) in [4.78, 5) is 10.6. The van der Waals surface area contributed by atoms with Crippen LogP contribution in [-0.2, 0) is 15.8 Å². The van der Waals surface area contributed by atoms with Crippen LogP contribution in [0.25, 0.3) is 0 Å². The van der Waals surface area contributed by atoms with Crippen LogP contribution in [-0.4, -0.2) is 33.1 Å². The van der Waals surface area contributed by atoms with E-state index in [9.17, 15) is 9.00 Å². The van der Waals surface area contributed by atoms with E-state index in [0.29, 0.717) is 6.54 Å². The Labute approximate surface area is 82.1 Å². The standard InChI is InChI=1S/C9H17NO2S/c1-8(2)13(12)10-5-3-4-9(6-10)7-11/h7-9H,3-6H2,1-2H3. The van der Waals surface area contributed by atoms with Crippen LogP contribution >= 0.6 is 0 Å². The summed E-state index contributed by atoms with van der Waals surface area (Å²) >= 11 is 0. The number of hydrogen-bond donors (Lipinski definition) is 0. The minimum absolute atomic E-state index is 0.0939. The van der Waals surface area contributed by atoms with E-state index in [4.69, 9.17) is 0 Å². The van der Waals surface area contributed by atoms with Gasteiger partial charge >= 0.3 is 0 Å². The van der Waals surface area contributed by atoms with Gasteiger partial charge < -0.3 is 4.79 Å². The molecule has 2 unspecified atom stereocenters. The lowest BCUT2D eigenvalue weighted by molar-refractivity contribution is -0.112. The predicted octanol–water partition coefficient (Wildman–Crippen LogP) is 0.969. The van der Waals surface area contributed by atoms with Crippen LogP contribution in [0.5, 0.6) is 0 Å². The lowest BCUT2D eigenvalue weighted by atomic mass is 10.0. The third-order valence-corrected chi connectivity index (χ3v) is 3.92. The van der Waals surface area contributed by atoms with E-state index in [-0.39, 0.29) is 11.2 Å². The quantitative estimate of drug-likeness (QED) is 0.641. The van der Waals surface area contributed by atoms with Gasteiger partial charge in [0.15, 0.2) is 0 Å². The van der Waals surface area contributed by atoms with Gasteiger partial charge in [0.2, 0.25) is 0 Å². The third kappa shape index (κ3) is 2.88. The van der Waals surface area contributed by atoms with Gasteiger partial charge in [0.25, 0.3) is 0 Å². The maximum absolute atomic E-state index is 11.7. The average molecular weight is 203 g/mol. The molecular formula is C9H17NO2S. The van der Waals surface area contributed by atoms with Gasteiger partial charge in [0, 0.05) is 24.3 Å². The van der Waals surface area contributed by atoms with Crippen LogP contribution in [0, 0.1) is 5.92 Å². The first-order valence-corrected chi connectivity index (χ1v) is 5.93. The van der Waals surface area contributed by atoms with Crippen molar-refractivity contribution >= 4 is 17.3 Å². The second-order valence-corrected chi connectivity index (χ2v) is 5.76. The molecule has 3 nitrogen and oxygen atoms in total. The highest BCUT2D eigenvalue weighted by Crippen LogP contribution is 2.17. The average Bonchev–Trinajstić information content (AvgIpc) is 2.16. The first kappa shape index (κ1) is 10.9. The highest BCUT2D eigenvalue weighted by molar-refractivity contribution is 7.83. The molecule has 13 heavy (non-hydrogen) atoms. The van der Waals surface area contributed by atoms with Gasteiger partial charge in [-0.25, -0.2) is 8.51 Å². The number of hydrogen-bond acceptors (Lipinski definition) is 2. The zero-order chi connectivity index (χ0) is 9.84. The summed E-state index contributed by atoms with van der Waals surface area (Å²) in [5, 5.41) is 0.158. The van der Waals surface area contributed by atoms with E-state index in [1.54, 1.807) is 0 Å². The van der Waals surface area contributed by atoms with E-state index in [0.717, 1.165) is 25.7 Å². The molecule has 1 aliphatic rings. The summed E-state index contributed by atoms with van der Waals surface area (Å²) < 4.78 is 13.6. The largest absolute Gasteiger partial charge is 0.303 e. The van der Waals surface area contributed by atoms with Crippen LogP contribution in [0.15, 0.2) is 0 Å².